The highest BCUT2D eigenvalue weighted by Gasteiger charge is 2.45. The molecule has 1 fully saturated rings. The van der Waals surface area contributed by atoms with E-state index in [0.29, 0.717) is 28.9 Å². The van der Waals surface area contributed by atoms with Crippen molar-refractivity contribution in [2.75, 3.05) is 13.1 Å². The zero-order chi connectivity index (χ0) is 23.0. The molecule has 2 aromatic carbocycles. The maximum Gasteiger partial charge on any atom is 0.304 e. The number of benzene rings is 2. The van der Waals surface area contributed by atoms with E-state index < -0.39 is 11.4 Å². The Morgan fingerprint density at radius 2 is 1.73 bits per heavy atom. The molecule has 0 spiro atoms. The fourth-order valence-corrected chi connectivity index (χ4v) is 5.96. The Kier molecular flexibility index (Phi) is 5.62. The lowest BCUT2D eigenvalue weighted by molar-refractivity contribution is -0.145. The van der Waals surface area contributed by atoms with Gasteiger partial charge in [0.25, 0.3) is 5.91 Å². The summed E-state index contributed by atoms with van der Waals surface area (Å²) >= 11 is 1.44. The van der Waals surface area contributed by atoms with Crippen LogP contribution >= 0.6 is 11.3 Å². The van der Waals surface area contributed by atoms with Gasteiger partial charge in [-0.05, 0) is 48.9 Å². The van der Waals surface area contributed by atoms with Crippen molar-refractivity contribution >= 4 is 39.3 Å². The lowest BCUT2D eigenvalue weighted by Crippen LogP contribution is -2.43. The molecule has 0 unspecified atom stereocenters. The average Bonchev–Trinajstić information content (AvgIpc) is 3.54. The average molecular weight is 464 g/mol. The van der Waals surface area contributed by atoms with Crippen LogP contribution in [-0.2, 0) is 29.0 Å². The summed E-state index contributed by atoms with van der Waals surface area (Å²) in [5.74, 6) is -1.25. The zero-order valence-electron chi connectivity index (χ0n) is 18.2. The number of fused-ring (bicyclic) bond motifs is 2. The molecule has 170 valence electrons. The molecule has 2 heterocycles. The number of carboxylic acid groups (broad SMARTS) is 1. The lowest BCUT2D eigenvalue weighted by Gasteiger charge is -2.25. The monoisotopic (exact) mass is 463 g/mol. The summed E-state index contributed by atoms with van der Waals surface area (Å²) in [6.45, 7) is 1.75. The molecular formula is C25H25N3O4S. The number of carbonyl (C=O) groups is 3. The van der Waals surface area contributed by atoms with E-state index in [0.717, 1.165) is 41.8 Å². The summed E-state index contributed by atoms with van der Waals surface area (Å²) in [5.41, 5.74) is 2.31. The van der Waals surface area contributed by atoms with Crippen molar-refractivity contribution < 1.29 is 19.5 Å². The van der Waals surface area contributed by atoms with Crippen LogP contribution in [0.25, 0.3) is 10.2 Å². The van der Waals surface area contributed by atoms with Crippen molar-refractivity contribution in [1.82, 2.24) is 15.2 Å². The Morgan fingerprint density at radius 3 is 2.39 bits per heavy atom. The van der Waals surface area contributed by atoms with E-state index in [1.165, 1.54) is 11.3 Å². The van der Waals surface area contributed by atoms with Crippen LogP contribution in [-0.4, -0.2) is 45.9 Å². The van der Waals surface area contributed by atoms with Crippen LogP contribution in [0.2, 0.25) is 0 Å². The van der Waals surface area contributed by atoms with Gasteiger partial charge >= 0.3 is 5.97 Å². The van der Waals surface area contributed by atoms with E-state index >= 15 is 0 Å². The lowest BCUT2D eigenvalue weighted by atomic mass is 9.80. The first-order valence-electron chi connectivity index (χ1n) is 11.2. The van der Waals surface area contributed by atoms with Gasteiger partial charge in [-0.25, -0.2) is 4.98 Å². The highest BCUT2D eigenvalue weighted by molar-refractivity contribution is 7.18. The van der Waals surface area contributed by atoms with Gasteiger partial charge in [0.05, 0.1) is 34.2 Å². The second-order valence-corrected chi connectivity index (χ2v) is 10.0. The SMILES string of the molecule is O=C(O)CC1(C(=O)NCc2nc3c(C(=O)N4CCCC4)cccc3s2)Cc2ccccc2C1. The third-order valence-corrected chi connectivity index (χ3v) is 7.66. The fraction of sp³-hybridized carbons (Fsp3) is 0.360. The fourth-order valence-electron chi connectivity index (χ4n) is 5.03. The Hall–Kier alpha value is -3.26. The molecule has 1 saturated heterocycles. The molecule has 0 bridgehead atoms. The van der Waals surface area contributed by atoms with Crippen molar-refractivity contribution in [3.05, 3.63) is 64.2 Å². The second kappa shape index (κ2) is 8.59. The van der Waals surface area contributed by atoms with Crippen LogP contribution < -0.4 is 5.32 Å². The van der Waals surface area contributed by atoms with Crippen LogP contribution in [0.1, 0.15) is 45.8 Å². The number of rotatable bonds is 6. The van der Waals surface area contributed by atoms with Gasteiger partial charge in [0.1, 0.15) is 5.01 Å². The third-order valence-electron chi connectivity index (χ3n) is 6.63. The van der Waals surface area contributed by atoms with Gasteiger partial charge in [-0.15, -0.1) is 11.3 Å². The highest BCUT2D eigenvalue weighted by atomic mass is 32.1. The molecule has 1 aliphatic carbocycles. The minimum Gasteiger partial charge on any atom is -0.481 e. The summed E-state index contributed by atoms with van der Waals surface area (Å²) in [5, 5.41) is 13.1. The molecule has 33 heavy (non-hydrogen) atoms. The van der Waals surface area contributed by atoms with Gasteiger partial charge in [-0.2, -0.15) is 0 Å². The molecular weight excluding hydrogens is 438 g/mol. The van der Waals surface area contributed by atoms with E-state index in [2.05, 4.69) is 10.3 Å². The molecule has 3 aromatic rings. The Morgan fingerprint density at radius 1 is 1.03 bits per heavy atom. The normalized spacial score (nSPS) is 16.7. The van der Waals surface area contributed by atoms with Gasteiger partial charge in [0, 0.05) is 13.1 Å². The van der Waals surface area contributed by atoms with E-state index in [4.69, 9.17) is 0 Å². The number of nitrogens with one attached hydrogen (secondary N) is 1. The topological polar surface area (TPSA) is 99.6 Å². The molecule has 0 radical (unpaired) electrons. The van der Waals surface area contributed by atoms with E-state index in [1.54, 1.807) is 0 Å². The van der Waals surface area contributed by atoms with Crippen molar-refractivity contribution in [3.8, 4) is 0 Å². The third kappa shape index (κ3) is 4.11. The number of carbonyl (C=O) groups excluding carboxylic acids is 2. The predicted octanol–water partition coefficient (Wildman–Crippen LogP) is 3.41. The Balaban J connectivity index is 1.35. The second-order valence-electron chi connectivity index (χ2n) is 8.92. The van der Waals surface area contributed by atoms with Crippen LogP contribution in [0, 0.1) is 5.41 Å². The van der Waals surface area contributed by atoms with Crippen LogP contribution in [0.5, 0.6) is 0 Å². The number of hydrogen-bond acceptors (Lipinski definition) is 5. The van der Waals surface area contributed by atoms with E-state index in [9.17, 15) is 19.5 Å². The largest absolute Gasteiger partial charge is 0.481 e. The summed E-state index contributed by atoms with van der Waals surface area (Å²) in [6, 6.07) is 13.3. The van der Waals surface area contributed by atoms with Crippen molar-refractivity contribution in [1.29, 1.82) is 0 Å². The summed E-state index contributed by atoms with van der Waals surface area (Å²) in [6.07, 6.45) is 2.66. The number of nitrogens with zero attached hydrogens (tertiary/aromatic N) is 2. The number of aliphatic carboxylic acids is 1. The minimum absolute atomic E-state index is 0.00289. The first kappa shape index (κ1) is 21.6. The van der Waals surface area contributed by atoms with Gasteiger partial charge < -0.3 is 15.3 Å². The van der Waals surface area contributed by atoms with Crippen LogP contribution in [0.4, 0.5) is 0 Å². The molecule has 0 atom stereocenters. The highest BCUT2D eigenvalue weighted by Crippen LogP contribution is 2.40. The minimum atomic E-state index is -0.997. The molecule has 2 amide bonds. The number of para-hydroxylation sites is 1. The number of likely N-dealkylation sites (tertiary alicyclic amines) is 1. The first-order valence-corrected chi connectivity index (χ1v) is 12.0. The summed E-state index contributed by atoms with van der Waals surface area (Å²) in [7, 11) is 0. The number of amides is 2. The smallest absolute Gasteiger partial charge is 0.304 e. The first-order chi connectivity index (χ1) is 15.9. The quantitative estimate of drug-likeness (QED) is 0.584. The van der Waals surface area contributed by atoms with Crippen LogP contribution in [0.3, 0.4) is 0 Å². The van der Waals surface area contributed by atoms with E-state index in [1.807, 2.05) is 47.4 Å². The van der Waals surface area contributed by atoms with Gasteiger partial charge in [0.2, 0.25) is 5.91 Å². The van der Waals surface area contributed by atoms with Gasteiger partial charge in [-0.3, -0.25) is 14.4 Å². The van der Waals surface area contributed by atoms with Gasteiger partial charge in [0.15, 0.2) is 0 Å². The number of carboxylic acids is 1. The Labute approximate surface area is 195 Å². The summed E-state index contributed by atoms with van der Waals surface area (Å²) in [4.78, 5) is 44.3. The van der Waals surface area contributed by atoms with Gasteiger partial charge in [-0.1, -0.05) is 30.3 Å². The molecule has 8 heteroatoms. The van der Waals surface area contributed by atoms with Crippen molar-refractivity contribution in [2.24, 2.45) is 5.41 Å². The number of aromatic nitrogens is 1. The molecule has 1 aliphatic heterocycles. The van der Waals surface area contributed by atoms with Crippen molar-refractivity contribution in [3.63, 3.8) is 0 Å². The maximum absolute atomic E-state index is 13.3. The zero-order valence-corrected chi connectivity index (χ0v) is 19.0. The molecule has 2 aliphatic rings. The van der Waals surface area contributed by atoms with Crippen molar-refractivity contribution in [2.45, 2.75) is 38.6 Å². The Bertz CT molecular complexity index is 1220. The number of thiazole rings is 1. The standard InChI is InChI=1S/C25H25N3O4S/c29-21(30)14-25(12-16-6-1-2-7-17(16)13-25)24(32)26-15-20-27-22-18(8-5-9-19(22)33-20)23(31)28-10-3-4-11-28/h1-2,5-9H,3-4,10-15H2,(H,26,32)(H,29,30). The molecule has 7 nitrogen and oxygen atoms in total. The molecule has 0 saturated carbocycles. The molecule has 2 N–H and O–H groups in total. The maximum atomic E-state index is 13.3. The molecule has 1 aromatic heterocycles. The predicted molar refractivity (Wildman–Crippen MR) is 125 cm³/mol. The number of hydrogen-bond donors (Lipinski definition) is 2. The van der Waals surface area contributed by atoms with E-state index in [-0.39, 0.29) is 24.8 Å². The summed E-state index contributed by atoms with van der Waals surface area (Å²) < 4.78 is 0.901. The molecule has 5 rings (SSSR count). The van der Waals surface area contributed by atoms with Crippen LogP contribution in [0.15, 0.2) is 42.5 Å².